The number of aromatic nitrogens is 2. The fourth-order valence-electron chi connectivity index (χ4n) is 4.60. The van der Waals surface area contributed by atoms with Gasteiger partial charge in [-0.15, -0.1) is 0 Å². The van der Waals surface area contributed by atoms with Crippen molar-refractivity contribution in [3.8, 4) is 0 Å². The van der Waals surface area contributed by atoms with E-state index in [0.717, 1.165) is 36.8 Å². The van der Waals surface area contributed by atoms with Gasteiger partial charge < -0.3 is 14.4 Å². The molecule has 2 aromatic heterocycles. The summed E-state index contributed by atoms with van der Waals surface area (Å²) in [5, 5.41) is 2.14. The number of anilines is 1. The molecule has 3 aromatic rings. The minimum Gasteiger partial charge on any atom is -0.364 e. The molecule has 0 radical (unpaired) electrons. The zero-order valence-electron chi connectivity index (χ0n) is 15.5. The summed E-state index contributed by atoms with van der Waals surface area (Å²) < 4.78 is 2.55. The molecule has 4 nitrogen and oxygen atoms in total. The van der Waals surface area contributed by atoms with Gasteiger partial charge in [-0.2, -0.15) is 0 Å². The molecule has 0 saturated carbocycles. The molecule has 1 unspecified atom stereocenters. The first-order valence-electron chi connectivity index (χ1n) is 9.20. The zero-order chi connectivity index (χ0) is 18.0. The Bertz CT molecular complexity index is 1010. The van der Waals surface area contributed by atoms with Gasteiger partial charge in [0.25, 0.3) is 0 Å². The molecule has 1 aromatic carbocycles. The Labute approximate surface area is 159 Å². The van der Waals surface area contributed by atoms with Crippen molar-refractivity contribution in [2.24, 2.45) is 0 Å². The summed E-state index contributed by atoms with van der Waals surface area (Å²) in [5.41, 5.74) is 7.81. The van der Waals surface area contributed by atoms with Crippen LogP contribution in [0.15, 0.2) is 30.5 Å². The van der Waals surface area contributed by atoms with Gasteiger partial charge in [-0.05, 0) is 43.3 Å². The van der Waals surface area contributed by atoms with E-state index in [2.05, 4.69) is 57.7 Å². The molecule has 5 rings (SSSR count). The summed E-state index contributed by atoms with van der Waals surface area (Å²) in [6, 6.07) is 8.85. The SMILES string of the molecule is Cc1ccc(C2Cn3c4c(c5cc(Cl)cc(c53)N2C)CN(C)CC4)cn1. The van der Waals surface area contributed by atoms with Gasteiger partial charge in [-0.25, -0.2) is 0 Å². The highest BCUT2D eigenvalue weighted by molar-refractivity contribution is 6.32. The number of hydrogen-bond donors (Lipinski definition) is 0. The molecule has 26 heavy (non-hydrogen) atoms. The number of halogens is 1. The maximum atomic E-state index is 6.53. The van der Waals surface area contributed by atoms with Crippen LogP contribution in [0.1, 0.15) is 28.6 Å². The Morgan fingerprint density at radius 1 is 1.19 bits per heavy atom. The van der Waals surface area contributed by atoms with Crippen LogP contribution >= 0.6 is 11.6 Å². The summed E-state index contributed by atoms with van der Waals surface area (Å²) in [5.74, 6) is 0. The molecule has 0 saturated heterocycles. The van der Waals surface area contributed by atoms with Crippen LogP contribution in [0.2, 0.25) is 5.02 Å². The maximum Gasteiger partial charge on any atom is 0.0734 e. The van der Waals surface area contributed by atoms with Gasteiger partial charge in [0, 0.05) is 61.1 Å². The van der Waals surface area contributed by atoms with Gasteiger partial charge in [0.05, 0.1) is 17.2 Å². The molecule has 0 bridgehead atoms. The normalized spacial score (nSPS) is 19.8. The van der Waals surface area contributed by atoms with Gasteiger partial charge in [0.1, 0.15) is 0 Å². The average Bonchev–Trinajstić information content (AvgIpc) is 2.92. The number of nitrogens with zero attached hydrogens (tertiary/aromatic N) is 4. The molecule has 4 heterocycles. The minimum atomic E-state index is 0.272. The Kier molecular flexibility index (Phi) is 3.56. The highest BCUT2D eigenvalue weighted by atomic mass is 35.5. The van der Waals surface area contributed by atoms with Crippen LogP contribution in [0.4, 0.5) is 5.69 Å². The molecule has 0 fully saturated rings. The first-order chi connectivity index (χ1) is 12.5. The van der Waals surface area contributed by atoms with E-state index in [4.69, 9.17) is 11.6 Å². The number of hydrogen-bond acceptors (Lipinski definition) is 3. The first kappa shape index (κ1) is 16.2. The van der Waals surface area contributed by atoms with Crippen molar-refractivity contribution >= 4 is 28.2 Å². The van der Waals surface area contributed by atoms with E-state index in [-0.39, 0.29) is 6.04 Å². The molecule has 2 aliphatic rings. The van der Waals surface area contributed by atoms with Crippen molar-refractivity contribution in [2.45, 2.75) is 32.5 Å². The van der Waals surface area contributed by atoms with E-state index in [1.807, 2.05) is 13.1 Å². The van der Waals surface area contributed by atoms with E-state index in [9.17, 15) is 0 Å². The van der Waals surface area contributed by atoms with Crippen LogP contribution in [-0.2, 0) is 19.5 Å². The predicted molar refractivity (Wildman–Crippen MR) is 107 cm³/mol. The first-order valence-corrected chi connectivity index (χ1v) is 9.58. The fourth-order valence-corrected chi connectivity index (χ4v) is 4.81. The summed E-state index contributed by atoms with van der Waals surface area (Å²) in [6.45, 7) is 5.11. The van der Waals surface area contributed by atoms with Crippen LogP contribution in [0, 0.1) is 6.92 Å². The third kappa shape index (κ3) is 2.29. The molecular formula is C21H23ClN4. The molecule has 0 aliphatic carbocycles. The van der Waals surface area contributed by atoms with E-state index in [0.29, 0.717) is 0 Å². The molecule has 5 heteroatoms. The molecular weight excluding hydrogens is 344 g/mol. The number of rotatable bonds is 1. The van der Waals surface area contributed by atoms with Crippen LogP contribution in [-0.4, -0.2) is 35.1 Å². The lowest BCUT2D eigenvalue weighted by molar-refractivity contribution is 0.308. The lowest BCUT2D eigenvalue weighted by Gasteiger charge is -2.37. The van der Waals surface area contributed by atoms with Crippen LogP contribution < -0.4 is 4.90 Å². The monoisotopic (exact) mass is 366 g/mol. The van der Waals surface area contributed by atoms with Crippen molar-refractivity contribution in [1.82, 2.24) is 14.5 Å². The second kappa shape index (κ2) is 5.73. The molecule has 2 aliphatic heterocycles. The molecule has 1 atom stereocenters. The lowest BCUT2D eigenvalue weighted by Crippen LogP contribution is -2.33. The number of benzene rings is 1. The van der Waals surface area contributed by atoms with Crippen molar-refractivity contribution < 1.29 is 0 Å². The van der Waals surface area contributed by atoms with Crippen molar-refractivity contribution in [3.05, 3.63) is 58.0 Å². The third-order valence-electron chi connectivity index (χ3n) is 6.00. The Morgan fingerprint density at radius 3 is 2.81 bits per heavy atom. The summed E-state index contributed by atoms with van der Waals surface area (Å²) in [4.78, 5) is 9.30. The standard InChI is InChI=1S/C21H23ClN4/c1-13-4-5-14(10-23-13)20-12-26-18-6-7-24(2)11-17(18)16-8-15(22)9-19(21(16)26)25(20)3/h4-5,8-10,20H,6-7,11-12H2,1-3H3. The Morgan fingerprint density at radius 2 is 2.04 bits per heavy atom. The summed E-state index contributed by atoms with van der Waals surface area (Å²) in [6.07, 6.45) is 3.12. The van der Waals surface area contributed by atoms with Crippen molar-refractivity contribution in [3.63, 3.8) is 0 Å². The zero-order valence-corrected chi connectivity index (χ0v) is 16.2. The van der Waals surface area contributed by atoms with Gasteiger partial charge in [0.15, 0.2) is 0 Å². The van der Waals surface area contributed by atoms with Crippen LogP contribution in [0.5, 0.6) is 0 Å². The number of fused-ring (bicyclic) bond motifs is 3. The molecule has 0 spiro atoms. The number of aryl methyl sites for hydroxylation is 1. The van der Waals surface area contributed by atoms with Crippen molar-refractivity contribution in [1.29, 1.82) is 0 Å². The van der Waals surface area contributed by atoms with E-state index >= 15 is 0 Å². The highest BCUT2D eigenvalue weighted by Crippen LogP contribution is 2.44. The minimum absolute atomic E-state index is 0.272. The fraction of sp³-hybridized carbons (Fsp3) is 0.381. The quantitative estimate of drug-likeness (QED) is 0.645. The Balaban J connectivity index is 1.73. The number of likely N-dealkylation sites (N-methyl/N-ethyl adjacent to an activating group) is 2. The summed E-state index contributed by atoms with van der Waals surface area (Å²) >= 11 is 6.53. The third-order valence-corrected chi connectivity index (χ3v) is 6.22. The van der Waals surface area contributed by atoms with Gasteiger partial charge in [-0.3, -0.25) is 4.98 Å². The molecule has 0 N–H and O–H groups in total. The molecule has 0 amide bonds. The second-order valence-corrected chi connectivity index (χ2v) is 8.14. The highest BCUT2D eigenvalue weighted by Gasteiger charge is 2.32. The van der Waals surface area contributed by atoms with Crippen LogP contribution in [0.3, 0.4) is 0 Å². The Hall–Kier alpha value is -2.04. The topological polar surface area (TPSA) is 24.3 Å². The largest absolute Gasteiger partial charge is 0.364 e. The van der Waals surface area contributed by atoms with Crippen molar-refractivity contribution in [2.75, 3.05) is 25.5 Å². The van der Waals surface area contributed by atoms with Gasteiger partial charge in [0.2, 0.25) is 0 Å². The lowest BCUT2D eigenvalue weighted by atomic mass is 10.0. The van der Waals surface area contributed by atoms with E-state index in [1.165, 1.54) is 33.4 Å². The second-order valence-electron chi connectivity index (χ2n) is 7.70. The van der Waals surface area contributed by atoms with E-state index < -0.39 is 0 Å². The van der Waals surface area contributed by atoms with E-state index in [1.54, 1.807) is 0 Å². The summed E-state index contributed by atoms with van der Waals surface area (Å²) in [7, 11) is 4.38. The average molecular weight is 367 g/mol. The van der Waals surface area contributed by atoms with Crippen LogP contribution in [0.25, 0.3) is 10.9 Å². The smallest absolute Gasteiger partial charge is 0.0734 e. The van der Waals surface area contributed by atoms with Gasteiger partial charge in [-0.1, -0.05) is 17.7 Å². The van der Waals surface area contributed by atoms with Gasteiger partial charge >= 0.3 is 0 Å². The number of pyridine rings is 1. The molecule has 134 valence electrons. The predicted octanol–water partition coefficient (Wildman–Crippen LogP) is 4.18. The maximum absolute atomic E-state index is 6.53.